The molecule has 1 N–H and O–H groups in total. The molecule has 1 rings (SSSR count). The normalized spacial score (nSPS) is 32.2. The number of likely N-dealkylation sites (N-methyl/N-ethyl adjacent to an activating group) is 1. The molecular weight excluding hydrogens is 156 g/mol. The first kappa shape index (κ1) is 9.48. The minimum absolute atomic E-state index is 0.0336. The average Bonchev–Trinajstić information content (AvgIpc) is 2.16. The van der Waals surface area contributed by atoms with E-state index in [1.165, 1.54) is 0 Å². The SMILES string of the molecule is CC(C)C1(C)N(O)CC(=O)N1C. The zero-order valence-corrected chi connectivity index (χ0v) is 8.03. The first-order valence-corrected chi connectivity index (χ1v) is 4.14. The van der Waals surface area contributed by atoms with Crippen LogP contribution >= 0.6 is 0 Å². The van der Waals surface area contributed by atoms with Crippen LogP contribution in [0.3, 0.4) is 0 Å². The number of amides is 1. The Morgan fingerprint density at radius 2 is 2.08 bits per heavy atom. The van der Waals surface area contributed by atoms with E-state index in [9.17, 15) is 10.0 Å². The van der Waals surface area contributed by atoms with Crippen molar-refractivity contribution in [2.24, 2.45) is 5.92 Å². The van der Waals surface area contributed by atoms with Crippen LogP contribution in [-0.2, 0) is 4.79 Å². The Kier molecular flexibility index (Phi) is 2.14. The molecule has 0 aliphatic carbocycles. The Morgan fingerprint density at radius 1 is 1.58 bits per heavy atom. The van der Waals surface area contributed by atoms with Crippen LogP contribution in [0.15, 0.2) is 0 Å². The standard InChI is InChI=1S/C8H16N2O2/c1-6(2)8(3)9(4)7(11)5-10(8)12/h6,12H,5H2,1-4H3. The summed E-state index contributed by atoms with van der Waals surface area (Å²) in [5.74, 6) is 0.174. The number of rotatable bonds is 1. The van der Waals surface area contributed by atoms with Crippen LogP contribution < -0.4 is 0 Å². The third-order valence-corrected chi connectivity index (χ3v) is 2.95. The lowest BCUT2D eigenvalue weighted by molar-refractivity contribution is -0.190. The Labute approximate surface area is 72.7 Å². The van der Waals surface area contributed by atoms with E-state index in [1.54, 1.807) is 11.9 Å². The van der Waals surface area contributed by atoms with Crippen LogP contribution in [-0.4, -0.2) is 40.3 Å². The first-order chi connectivity index (χ1) is 5.40. The molecule has 0 aromatic heterocycles. The molecule has 1 amide bonds. The highest BCUT2D eigenvalue weighted by Gasteiger charge is 2.47. The van der Waals surface area contributed by atoms with Gasteiger partial charge >= 0.3 is 0 Å². The number of hydrogen-bond donors (Lipinski definition) is 1. The van der Waals surface area contributed by atoms with E-state index < -0.39 is 5.66 Å². The molecule has 1 heterocycles. The second-order valence-corrected chi connectivity index (χ2v) is 3.76. The number of hydroxylamine groups is 2. The third-order valence-electron chi connectivity index (χ3n) is 2.95. The van der Waals surface area contributed by atoms with E-state index in [4.69, 9.17) is 0 Å². The first-order valence-electron chi connectivity index (χ1n) is 4.14. The highest BCUT2D eigenvalue weighted by molar-refractivity contribution is 5.80. The van der Waals surface area contributed by atoms with Crippen LogP contribution in [0, 0.1) is 5.92 Å². The molecule has 70 valence electrons. The summed E-state index contributed by atoms with van der Waals surface area (Å²) in [6, 6.07) is 0. The minimum Gasteiger partial charge on any atom is -0.324 e. The zero-order valence-electron chi connectivity index (χ0n) is 8.03. The van der Waals surface area contributed by atoms with Gasteiger partial charge in [0.2, 0.25) is 5.91 Å². The molecule has 0 aromatic rings. The summed E-state index contributed by atoms with van der Waals surface area (Å²) in [5.41, 5.74) is -0.545. The van der Waals surface area contributed by atoms with Gasteiger partial charge in [0.25, 0.3) is 0 Å². The molecule has 1 saturated heterocycles. The summed E-state index contributed by atoms with van der Waals surface area (Å²) in [6.07, 6.45) is 0. The second kappa shape index (κ2) is 2.71. The molecule has 12 heavy (non-hydrogen) atoms. The highest BCUT2D eigenvalue weighted by atomic mass is 16.5. The second-order valence-electron chi connectivity index (χ2n) is 3.76. The van der Waals surface area contributed by atoms with Crippen molar-refractivity contribution in [1.82, 2.24) is 9.96 Å². The van der Waals surface area contributed by atoms with E-state index in [1.807, 2.05) is 20.8 Å². The molecule has 4 nitrogen and oxygen atoms in total. The van der Waals surface area contributed by atoms with Gasteiger partial charge in [0.1, 0.15) is 12.2 Å². The predicted molar refractivity (Wildman–Crippen MR) is 44.5 cm³/mol. The van der Waals surface area contributed by atoms with Gasteiger partial charge in [-0.25, -0.2) is 0 Å². The van der Waals surface area contributed by atoms with Crippen LogP contribution in [0.5, 0.6) is 0 Å². The summed E-state index contributed by atoms with van der Waals surface area (Å²) in [7, 11) is 1.72. The van der Waals surface area contributed by atoms with E-state index >= 15 is 0 Å². The van der Waals surface area contributed by atoms with Gasteiger partial charge in [0, 0.05) is 7.05 Å². The van der Waals surface area contributed by atoms with E-state index in [0.717, 1.165) is 5.06 Å². The summed E-state index contributed by atoms with van der Waals surface area (Å²) in [5, 5.41) is 10.6. The van der Waals surface area contributed by atoms with Crippen molar-refractivity contribution in [3.05, 3.63) is 0 Å². The lowest BCUT2D eigenvalue weighted by Gasteiger charge is -2.39. The summed E-state index contributed by atoms with van der Waals surface area (Å²) in [4.78, 5) is 12.8. The molecule has 0 spiro atoms. The van der Waals surface area contributed by atoms with Crippen LogP contribution in [0.1, 0.15) is 20.8 Å². The van der Waals surface area contributed by atoms with Gasteiger partial charge in [0.05, 0.1) is 0 Å². The third kappa shape index (κ3) is 1.03. The predicted octanol–water partition coefficient (Wildman–Crippen LogP) is 0.522. The molecule has 1 atom stereocenters. The van der Waals surface area contributed by atoms with Gasteiger partial charge in [0.15, 0.2) is 0 Å². The minimum atomic E-state index is -0.545. The van der Waals surface area contributed by atoms with Crippen molar-refractivity contribution < 1.29 is 10.0 Å². The topological polar surface area (TPSA) is 43.8 Å². The average molecular weight is 172 g/mol. The maximum absolute atomic E-state index is 11.2. The fourth-order valence-corrected chi connectivity index (χ4v) is 1.51. The van der Waals surface area contributed by atoms with E-state index in [2.05, 4.69) is 0 Å². The Morgan fingerprint density at radius 3 is 2.25 bits per heavy atom. The van der Waals surface area contributed by atoms with Crippen molar-refractivity contribution >= 4 is 5.91 Å². The smallest absolute Gasteiger partial charge is 0.240 e. The zero-order chi connectivity index (χ0) is 9.52. The summed E-state index contributed by atoms with van der Waals surface area (Å²) >= 11 is 0. The summed E-state index contributed by atoms with van der Waals surface area (Å²) in [6.45, 7) is 5.93. The fraction of sp³-hybridized carbons (Fsp3) is 0.875. The van der Waals surface area contributed by atoms with Gasteiger partial charge in [-0.2, -0.15) is 5.06 Å². The van der Waals surface area contributed by atoms with Gasteiger partial charge in [-0.15, -0.1) is 0 Å². The van der Waals surface area contributed by atoms with Crippen molar-refractivity contribution in [1.29, 1.82) is 0 Å². The number of carbonyl (C=O) groups is 1. The molecule has 1 fully saturated rings. The highest BCUT2D eigenvalue weighted by Crippen LogP contribution is 2.30. The molecule has 0 aromatic carbocycles. The van der Waals surface area contributed by atoms with Crippen molar-refractivity contribution in [2.45, 2.75) is 26.4 Å². The number of hydrogen-bond acceptors (Lipinski definition) is 3. The largest absolute Gasteiger partial charge is 0.324 e. The molecule has 4 heteroatoms. The maximum Gasteiger partial charge on any atom is 0.240 e. The van der Waals surface area contributed by atoms with Crippen molar-refractivity contribution in [3.8, 4) is 0 Å². The quantitative estimate of drug-likeness (QED) is 0.627. The van der Waals surface area contributed by atoms with Crippen molar-refractivity contribution in [3.63, 3.8) is 0 Å². The molecule has 0 saturated carbocycles. The molecule has 0 bridgehead atoms. The van der Waals surface area contributed by atoms with E-state index in [0.29, 0.717) is 0 Å². The van der Waals surface area contributed by atoms with Gasteiger partial charge in [-0.3, -0.25) is 4.79 Å². The maximum atomic E-state index is 11.2. The van der Waals surface area contributed by atoms with Gasteiger partial charge in [-0.1, -0.05) is 13.8 Å². The van der Waals surface area contributed by atoms with E-state index in [-0.39, 0.29) is 18.4 Å². The van der Waals surface area contributed by atoms with Crippen LogP contribution in [0.25, 0.3) is 0 Å². The molecular formula is C8H16N2O2. The lowest BCUT2D eigenvalue weighted by Crippen LogP contribution is -2.52. The lowest BCUT2D eigenvalue weighted by atomic mass is 9.98. The fourth-order valence-electron chi connectivity index (χ4n) is 1.51. The molecule has 0 radical (unpaired) electrons. The number of nitrogens with zero attached hydrogens (tertiary/aromatic N) is 2. The Hall–Kier alpha value is -0.610. The number of carbonyl (C=O) groups excluding carboxylic acids is 1. The molecule has 1 unspecified atom stereocenters. The van der Waals surface area contributed by atoms with Crippen molar-refractivity contribution in [2.75, 3.05) is 13.6 Å². The van der Waals surface area contributed by atoms with Gasteiger partial charge in [-0.05, 0) is 12.8 Å². The summed E-state index contributed by atoms with van der Waals surface area (Å²) < 4.78 is 0. The van der Waals surface area contributed by atoms with Gasteiger partial charge < -0.3 is 10.1 Å². The molecule has 1 aliphatic rings. The molecule has 1 aliphatic heterocycles. The monoisotopic (exact) mass is 172 g/mol. The van der Waals surface area contributed by atoms with Crippen LogP contribution in [0.4, 0.5) is 0 Å². The Bertz CT molecular complexity index is 205. The Balaban J connectivity index is 2.95. The van der Waals surface area contributed by atoms with Crippen LogP contribution in [0.2, 0.25) is 0 Å².